The minimum Gasteiger partial charge on any atom is -0.489 e. The van der Waals surface area contributed by atoms with Gasteiger partial charge in [-0.25, -0.2) is 4.79 Å². The van der Waals surface area contributed by atoms with Gasteiger partial charge in [0.25, 0.3) is 0 Å². The smallest absolute Gasteiger partial charge is 0.323 e. The van der Waals surface area contributed by atoms with E-state index in [0.29, 0.717) is 13.2 Å². The Morgan fingerprint density at radius 2 is 1.68 bits per heavy atom. The van der Waals surface area contributed by atoms with Crippen LogP contribution in [0.3, 0.4) is 0 Å². The first-order valence-electron chi connectivity index (χ1n) is 10.3. The summed E-state index contributed by atoms with van der Waals surface area (Å²) in [5.41, 5.74) is 5.78. The summed E-state index contributed by atoms with van der Waals surface area (Å²) in [5.74, 6) is 0.864. The van der Waals surface area contributed by atoms with Crippen LogP contribution in [0.25, 0.3) is 21.8 Å². The molecule has 0 radical (unpaired) electrons. The molecule has 0 amide bonds. The quantitative estimate of drug-likeness (QED) is 0.346. The number of rotatable bonds is 6. The van der Waals surface area contributed by atoms with Crippen molar-refractivity contribution in [3.8, 4) is 5.75 Å². The van der Waals surface area contributed by atoms with E-state index < -0.39 is 0 Å². The van der Waals surface area contributed by atoms with Crippen LogP contribution in [0.4, 0.5) is 5.69 Å². The average Bonchev–Trinajstić information content (AvgIpc) is 3.16. The van der Waals surface area contributed by atoms with Gasteiger partial charge in [0.05, 0.1) is 11.0 Å². The second-order valence-electron chi connectivity index (χ2n) is 7.73. The number of aromatic amines is 2. The third-order valence-electron chi connectivity index (χ3n) is 5.50. The third kappa shape index (κ3) is 4.03. The van der Waals surface area contributed by atoms with Crippen LogP contribution in [-0.2, 0) is 13.2 Å². The lowest BCUT2D eigenvalue weighted by Gasteiger charge is -2.16. The van der Waals surface area contributed by atoms with Gasteiger partial charge in [0, 0.05) is 17.8 Å². The molecule has 0 unspecified atom stereocenters. The Kier molecular flexibility index (Phi) is 4.92. The molecule has 1 heterocycles. The molecule has 31 heavy (non-hydrogen) atoms. The molecule has 5 nitrogen and oxygen atoms in total. The number of aromatic nitrogens is 2. The molecular formula is C26H23N3O2. The fraction of sp³-hybridized carbons (Fsp3) is 0.115. The first-order valence-corrected chi connectivity index (χ1v) is 10.3. The van der Waals surface area contributed by atoms with Gasteiger partial charge in [-0.3, -0.25) is 0 Å². The molecule has 1 aromatic heterocycles. The number of ether oxygens (including phenoxy) is 1. The number of aryl methyl sites for hydroxylation is 1. The maximum absolute atomic E-state index is 11.5. The lowest BCUT2D eigenvalue weighted by molar-refractivity contribution is 0.304. The van der Waals surface area contributed by atoms with Crippen molar-refractivity contribution in [3.63, 3.8) is 0 Å². The number of hydrogen-bond donors (Lipinski definition) is 3. The number of hydrogen-bond acceptors (Lipinski definition) is 3. The van der Waals surface area contributed by atoms with Crippen LogP contribution in [0, 0.1) is 6.92 Å². The Hall–Kier alpha value is -3.99. The van der Waals surface area contributed by atoms with Gasteiger partial charge in [-0.15, -0.1) is 0 Å². The van der Waals surface area contributed by atoms with Gasteiger partial charge in [0.1, 0.15) is 12.4 Å². The zero-order chi connectivity index (χ0) is 21.2. The van der Waals surface area contributed by atoms with E-state index in [1.165, 1.54) is 10.9 Å². The molecule has 0 aliphatic carbocycles. The van der Waals surface area contributed by atoms with Gasteiger partial charge < -0.3 is 20.0 Å². The highest BCUT2D eigenvalue weighted by Crippen LogP contribution is 2.30. The van der Waals surface area contributed by atoms with Crippen molar-refractivity contribution < 1.29 is 4.74 Å². The minimum absolute atomic E-state index is 0.201. The molecular weight excluding hydrogens is 386 g/mol. The Labute approximate surface area is 179 Å². The lowest BCUT2D eigenvalue weighted by atomic mass is 10.0. The summed E-state index contributed by atoms with van der Waals surface area (Å²) in [5, 5.41) is 5.82. The summed E-state index contributed by atoms with van der Waals surface area (Å²) < 4.78 is 6.24. The summed E-state index contributed by atoms with van der Waals surface area (Å²) in [6, 6.07) is 26.7. The Bertz CT molecular complexity index is 1410. The molecule has 5 rings (SSSR count). The molecule has 5 aromatic rings. The molecule has 4 aromatic carbocycles. The monoisotopic (exact) mass is 409 g/mol. The van der Waals surface area contributed by atoms with E-state index in [-0.39, 0.29) is 5.69 Å². The van der Waals surface area contributed by atoms with Gasteiger partial charge >= 0.3 is 5.69 Å². The van der Waals surface area contributed by atoms with Crippen molar-refractivity contribution in [1.82, 2.24) is 9.97 Å². The van der Waals surface area contributed by atoms with Gasteiger partial charge in [0.2, 0.25) is 0 Å². The SMILES string of the molecule is Cc1ccc(COc2ccc3ccccc3c2CNc2ccc3[nH]c(=O)[nH]c3c2)cc1. The zero-order valence-electron chi connectivity index (χ0n) is 17.2. The molecule has 0 saturated carbocycles. The normalized spacial score (nSPS) is 11.1. The highest BCUT2D eigenvalue weighted by atomic mass is 16.5. The van der Waals surface area contributed by atoms with E-state index in [9.17, 15) is 4.79 Å². The van der Waals surface area contributed by atoms with Crippen molar-refractivity contribution in [1.29, 1.82) is 0 Å². The number of fused-ring (bicyclic) bond motifs is 2. The molecule has 0 aliphatic heterocycles. The number of anilines is 1. The molecule has 0 saturated heterocycles. The second kappa shape index (κ2) is 8.03. The van der Waals surface area contributed by atoms with Crippen LogP contribution in [0.1, 0.15) is 16.7 Å². The number of imidazole rings is 1. The zero-order valence-corrected chi connectivity index (χ0v) is 17.2. The van der Waals surface area contributed by atoms with Crippen LogP contribution in [0.15, 0.2) is 83.7 Å². The molecule has 154 valence electrons. The highest BCUT2D eigenvalue weighted by molar-refractivity contribution is 5.88. The van der Waals surface area contributed by atoms with Crippen molar-refractivity contribution >= 4 is 27.5 Å². The average molecular weight is 409 g/mol. The van der Waals surface area contributed by atoms with Crippen molar-refractivity contribution in [3.05, 3.63) is 106 Å². The Morgan fingerprint density at radius 3 is 2.55 bits per heavy atom. The number of nitrogens with one attached hydrogen (secondary N) is 3. The first kappa shape index (κ1) is 19.0. The van der Waals surface area contributed by atoms with Gasteiger partial charge in [-0.05, 0) is 47.5 Å². The molecule has 0 bridgehead atoms. The topological polar surface area (TPSA) is 69.9 Å². The fourth-order valence-electron chi connectivity index (χ4n) is 3.81. The van der Waals surface area contributed by atoms with Crippen LogP contribution < -0.4 is 15.7 Å². The molecule has 0 fully saturated rings. The van der Waals surface area contributed by atoms with E-state index in [0.717, 1.165) is 39.0 Å². The van der Waals surface area contributed by atoms with E-state index in [1.807, 2.05) is 36.4 Å². The largest absolute Gasteiger partial charge is 0.489 e. The minimum atomic E-state index is -0.201. The third-order valence-corrected chi connectivity index (χ3v) is 5.50. The van der Waals surface area contributed by atoms with E-state index in [2.05, 4.69) is 64.7 Å². The van der Waals surface area contributed by atoms with Gasteiger partial charge in [0.15, 0.2) is 0 Å². The predicted octanol–water partition coefficient (Wildman–Crippen LogP) is 5.51. The van der Waals surface area contributed by atoms with Gasteiger partial charge in [-0.2, -0.15) is 0 Å². The first-order chi connectivity index (χ1) is 15.2. The predicted molar refractivity (Wildman–Crippen MR) is 126 cm³/mol. The number of H-pyrrole nitrogens is 2. The van der Waals surface area contributed by atoms with Crippen LogP contribution in [0.5, 0.6) is 5.75 Å². The molecule has 3 N–H and O–H groups in total. The maximum Gasteiger partial charge on any atom is 0.323 e. The van der Waals surface area contributed by atoms with E-state index in [4.69, 9.17) is 4.74 Å². The lowest BCUT2D eigenvalue weighted by Crippen LogP contribution is -2.05. The summed E-state index contributed by atoms with van der Waals surface area (Å²) in [6.45, 7) is 3.20. The Morgan fingerprint density at radius 1 is 0.871 bits per heavy atom. The standard InChI is InChI=1S/C26H23N3O2/c1-17-6-8-18(9-7-17)16-31-25-13-10-19-4-2-3-5-21(19)22(25)15-27-20-11-12-23-24(14-20)29-26(30)28-23/h2-14,27H,15-16H2,1H3,(H2,28,29,30). The summed E-state index contributed by atoms with van der Waals surface area (Å²) in [4.78, 5) is 17.1. The molecule has 0 spiro atoms. The fourth-order valence-corrected chi connectivity index (χ4v) is 3.81. The van der Waals surface area contributed by atoms with Crippen LogP contribution in [0.2, 0.25) is 0 Å². The number of benzene rings is 4. The van der Waals surface area contributed by atoms with Crippen molar-refractivity contribution in [2.24, 2.45) is 0 Å². The molecule has 0 aliphatic rings. The van der Waals surface area contributed by atoms with Crippen LogP contribution >= 0.6 is 0 Å². The molecule has 0 atom stereocenters. The summed E-state index contributed by atoms with van der Waals surface area (Å²) >= 11 is 0. The van der Waals surface area contributed by atoms with Crippen LogP contribution in [-0.4, -0.2) is 9.97 Å². The maximum atomic E-state index is 11.5. The summed E-state index contributed by atoms with van der Waals surface area (Å²) in [6.07, 6.45) is 0. The molecule has 5 heteroatoms. The van der Waals surface area contributed by atoms with Crippen molar-refractivity contribution in [2.45, 2.75) is 20.1 Å². The summed E-state index contributed by atoms with van der Waals surface area (Å²) in [7, 11) is 0. The van der Waals surface area contributed by atoms with Crippen molar-refractivity contribution in [2.75, 3.05) is 5.32 Å². The van der Waals surface area contributed by atoms with E-state index >= 15 is 0 Å². The highest BCUT2D eigenvalue weighted by Gasteiger charge is 2.10. The van der Waals surface area contributed by atoms with E-state index in [1.54, 1.807) is 0 Å². The van der Waals surface area contributed by atoms with Gasteiger partial charge in [-0.1, -0.05) is 60.2 Å². The Balaban J connectivity index is 1.43. The second-order valence-corrected chi connectivity index (χ2v) is 7.73.